The molecule has 3 aromatic rings. The molecule has 174 valence electrons. The molecule has 33 heavy (non-hydrogen) atoms. The van der Waals surface area contributed by atoms with Gasteiger partial charge in [0.1, 0.15) is 0 Å². The van der Waals surface area contributed by atoms with Crippen molar-refractivity contribution in [1.82, 2.24) is 14.5 Å². The van der Waals surface area contributed by atoms with Crippen LogP contribution in [-0.4, -0.2) is 39.4 Å². The standard InChI is InChI=1S/C24H25F3N4O2/c1-4-30(22(33)16(2)3)15-21(32)29-23-28-20(17-8-6-5-7-9-17)14-31(23)19-12-10-18(11-13-19)24(25,26)27/h5-14,16H,4,15H2,1-3H3,(H,28,29,32). The van der Waals surface area contributed by atoms with E-state index in [1.807, 2.05) is 30.3 Å². The van der Waals surface area contributed by atoms with E-state index < -0.39 is 17.6 Å². The van der Waals surface area contributed by atoms with Gasteiger partial charge in [-0.05, 0) is 31.2 Å². The SMILES string of the molecule is CCN(CC(=O)Nc1nc(-c2ccccc2)cn1-c1ccc(C(F)(F)F)cc1)C(=O)C(C)C. The number of carbonyl (C=O) groups excluding carboxylic acids is 2. The molecule has 0 saturated heterocycles. The number of carbonyl (C=O) groups is 2. The molecule has 0 aliphatic heterocycles. The Morgan fingerprint density at radius 1 is 1.06 bits per heavy atom. The number of imidazole rings is 1. The van der Waals surface area contributed by atoms with Crippen molar-refractivity contribution in [3.8, 4) is 16.9 Å². The van der Waals surface area contributed by atoms with Crippen LogP contribution in [0.15, 0.2) is 60.8 Å². The molecule has 0 radical (unpaired) electrons. The number of nitrogens with zero attached hydrogens (tertiary/aromatic N) is 3. The molecule has 9 heteroatoms. The number of likely N-dealkylation sites (N-methyl/N-ethyl adjacent to an activating group) is 1. The zero-order chi connectivity index (χ0) is 24.2. The van der Waals surface area contributed by atoms with Crippen LogP contribution in [0.2, 0.25) is 0 Å². The summed E-state index contributed by atoms with van der Waals surface area (Å²) >= 11 is 0. The van der Waals surface area contributed by atoms with Crippen LogP contribution in [0.3, 0.4) is 0 Å². The zero-order valence-electron chi connectivity index (χ0n) is 18.6. The van der Waals surface area contributed by atoms with Gasteiger partial charge in [-0.25, -0.2) is 4.98 Å². The van der Waals surface area contributed by atoms with Crippen molar-refractivity contribution < 1.29 is 22.8 Å². The maximum absolute atomic E-state index is 13.0. The van der Waals surface area contributed by atoms with Crippen LogP contribution in [0.4, 0.5) is 19.1 Å². The summed E-state index contributed by atoms with van der Waals surface area (Å²) in [6.07, 6.45) is -2.81. The summed E-state index contributed by atoms with van der Waals surface area (Å²) in [5.41, 5.74) is 0.949. The van der Waals surface area contributed by atoms with E-state index in [2.05, 4.69) is 10.3 Å². The number of alkyl halides is 3. The first-order valence-electron chi connectivity index (χ1n) is 10.5. The Hall–Kier alpha value is -3.62. The van der Waals surface area contributed by atoms with Gasteiger partial charge in [0, 0.05) is 29.9 Å². The molecule has 3 rings (SSSR count). The number of rotatable bonds is 7. The van der Waals surface area contributed by atoms with E-state index in [0.717, 1.165) is 17.7 Å². The molecule has 2 amide bonds. The molecule has 0 aliphatic rings. The summed E-state index contributed by atoms with van der Waals surface area (Å²) in [7, 11) is 0. The van der Waals surface area contributed by atoms with Gasteiger partial charge in [0.25, 0.3) is 0 Å². The van der Waals surface area contributed by atoms with Crippen LogP contribution in [0.5, 0.6) is 0 Å². The molecule has 2 aromatic carbocycles. The number of amides is 2. The van der Waals surface area contributed by atoms with Gasteiger partial charge in [-0.2, -0.15) is 13.2 Å². The second-order valence-corrected chi connectivity index (χ2v) is 7.79. The lowest BCUT2D eigenvalue weighted by atomic mass is 10.2. The van der Waals surface area contributed by atoms with E-state index in [0.29, 0.717) is 17.9 Å². The molecule has 0 aliphatic carbocycles. The smallest absolute Gasteiger partial charge is 0.333 e. The second-order valence-electron chi connectivity index (χ2n) is 7.79. The van der Waals surface area contributed by atoms with Crippen molar-refractivity contribution in [2.45, 2.75) is 26.9 Å². The van der Waals surface area contributed by atoms with Gasteiger partial charge in [0.15, 0.2) is 0 Å². The van der Waals surface area contributed by atoms with Gasteiger partial charge in [-0.15, -0.1) is 0 Å². The Labute approximate surface area is 190 Å². The first-order valence-corrected chi connectivity index (χ1v) is 10.5. The monoisotopic (exact) mass is 458 g/mol. The highest BCUT2D eigenvalue weighted by Gasteiger charge is 2.30. The molecule has 0 atom stereocenters. The Kier molecular flexibility index (Phi) is 7.20. The Morgan fingerprint density at radius 2 is 1.70 bits per heavy atom. The highest BCUT2D eigenvalue weighted by atomic mass is 19.4. The summed E-state index contributed by atoms with van der Waals surface area (Å²) < 4.78 is 40.4. The topological polar surface area (TPSA) is 67.2 Å². The molecule has 0 fully saturated rings. The molecule has 0 saturated carbocycles. The first-order chi connectivity index (χ1) is 15.6. The number of anilines is 1. The summed E-state index contributed by atoms with van der Waals surface area (Å²) in [5, 5.41) is 2.70. The van der Waals surface area contributed by atoms with Crippen LogP contribution in [0, 0.1) is 5.92 Å². The quantitative estimate of drug-likeness (QED) is 0.542. The summed E-state index contributed by atoms with van der Waals surface area (Å²) in [6.45, 7) is 5.50. The van der Waals surface area contributed by atoms with Gasteiger partial charge >= 0.3 is 6.18 Å². The molecular formula is C24H25F3N4O2. The van der Waals surface area contributed by atoms with Crippen LogP contribution < -0.4 is 5.32 Å². The fraction of sp³-hybridized carbons (Fsp3) is 0.292. The van der Waals surface area contributed by atoms with Crippen LogP contribution >= 0.6 is 0 Å². The average Bonchev–Trinajstić information content (AvgIpc) is 3.20. The molecule has 1 heterocycles. The van der Waals surface area contributed by atoms with E-state index in [1.165, 1.54) is 21.6 Å². The summed E-state index contributed by atoms with van der Waals surface area (Å²) in [6, 6.07) is 13.8. The van der Waals surface area contributed by atoms with Crippen molar-refractivity contribution in [3.63, 3.8) is 0 Å². The molecule has 6 nitrogen and oxygen atoms in total. The van der Waals surface area contributed by atoms with Crippen molar-refractivity contribution in [1.29, 1.82) is 0 Å². The van der Waals surface area contributed by atoms with Gasteiger partial charge < -0.3 is 4.90 Å². The van der Waals surface area contributed by atoms with Crippen molar-refractivity contribution >= 4 is 17.8 Å². The normalized spacial score (nSPS) is 11.5. The van der Waals surface area contributed by atoms with Crippen molar-refractivity contribution in [2.75, 3.05) is 18.4 Å². The molecular weight excluding hydrogens is 433 g/mol. The highest BCUT2D eigenvalue weighted by Crippen LogP contribution is 2.31. The number of benzene rings is 2. The minimum absolute atomic E-state index is 0.145. The predicted molar refractivity (Wildman–Crippen MR) is 120 cm³/mol. The Balaban J connectivity index is 1.93. The van der Waals surface area contributed by atoms with E-state index in [-0.39, 0.29) is 24.3 Å². The third kappa shape index (κ3) is 5.79. The molecule has 0 spiro atoms. The molecule has 0 bridgehead atoms. The van der Waals surface area contributed by atoms with Gasteiger partial charge in [-0.3, -0.25) is 19.5 Å². The molecule has 1 aromatic heterocycles. The van der Waals surface area contributed by atoms with Crippen LogP contribution in [0.1, 0.15) is 26.3 Å². The predicted octanol–water partition coefficient (Wildman–Crippen LogP) is 5.00. The summed E-state index contributed by atoms with van der Waals surface area (Å²) in [4.78, 5) is 30.9. The van der Waals surface area contributed by atoms with Crippen LogP contribution in [-0.2, 0) is 15.8 Å². The molecule has 0 unspecified atom stereocenters. The lowest BCUT2D eigenvalue weighted by Gasteiger charge is -2.22. The lowest BCUT2D eigenvalue weighted by molar-refractivity contribution is -0.137. The molecule has 1 N–H and O–H groups in total. The number of hydrogen-bond acceptors (Lipinski definition) is 3. The fourth-order valence-corrected chi connectivity index (χ4v) is 3.27. The van der Waals surface area contributed by atoms with Crippen molar-refractivity contribution in [2.24, 2.45) is 5.92 Å². The van der Waals surface area contributed by atoms with E-state index in [4.69, 9.17) is 0 Å². The maximum atomic E-state index is 13.0. The van der Waals surface area contributed by atoms with Crippen LogP contribution in [0.25, 0.3) is 16.9 Å². The Bertz CT molecular complexity index is 1110. The Morgan fingerprint density at radius 3 is 2.24 bits per heavy atom. The van der Waals surface area contributed by atoms with Gasteiger partial charge in [0.05, 0.1) is 17.8 Å². The average molecular weight is 458 g/mol. The van der Waals surface area contributed by atoms with E-state index >= 15 is 0 Å². The minimum atomic E-state index is -4.45. The number of hydrogen-bond donors (Lipinski definition) is 1. The lowest BCUT2D eigenvalue weighted by Crippen LogP contribution is -2.40. The minimum Gasteiger partial charge on any atom is -0.333 e. The first kappa shape index (κ1) is 24.0. The number of aromatic nitrogens is 2. The third-order valence-electron chi connectivity index (χ3n) is 5.02. The third-order valence-corrected chi connectivity index (χ3v) is 5.02. The summed E-state index contributed by atoms with van der Waals surface area (Å²) in [5.74, 6) is -0.712. The van der Waals surface area contributed by atoms with Crippen molar-refractivity contribution in [3.05, 3.63) is 66.4 Å². The second kappa shape index (κ2) is 9.89. The highest BCUT2D eigenvalue weighted by molar-refractivity contribution is 5.94. The largest absolute Gasteiger partial charge is 0.416 e. The number of halogens is 3. The van der Waals surface area contributed by atoms with Gasteiger partial charge in [-0.1, -0.05) is 44.2 Å². The zero-order valence-corrected chi connectivity index (χ0v) is 18.6. The fourth-order valence-electron chi connectivity index (χ4n) is 3.27. The number of nitrogens with one attached hydrogen (secondary N) is 1. The maximum Gasteiger partial charge on any atom is 0.416 e. The van der Waals surface area contributed by atoms with E-state index in [1.54, 1.807) is 27.0 Å². The van der Waals surface area contributed by atoms with Gasteiger partial charge in [0.2, 0.25) is 17.8 Å². The van der Waals surface area contributed by atoms with E-state index in [9.17, 15) is 22.8 Å².